The molecule has 0 amide bonds. The smallest absolute Gasteiger partial charge is 0.555 e. The fraction of sp³-hybridized carbons (Fsp3) is 0.481. The van der Waals surface area contributed by atoms with Gasteiger partial charge in [0.2, 0.25) is 0 Å². The molecule has 1 saturated carbocycles. The van der Waals surface area contributed by atoms with Crippen LogP contribution in [0.2, 0.25) is 0 Å². The zero-order valence-electron chi connectivity index (χ0n) is 20.7. The van der Waals surface area contributed by atoms with E-state index in [-0.39, 0.29) is 58.8 Å². The number of para-hydroxylation sites is 1. The van der Waals surface area contributed by atoms with Crippen LogP contribution in [0.25, 0.3) is 0 Å². The third-order valence-corrected chi connectivity index (χ3v) is 5.63. The zero-order valence-corrected chi connectivity index (χ0v) is 23.8. The minimum Gasteiger partial charge on any atom is -0.555 e. The predicted molar refractivity (Wildman–Crippen MR) is 132 cm³/mol. The van der Waals surface area contributed by atoms with E-state index in [0.717, 1.165) is 24.9 Å². The summed E-state index contributed by atoms with van der Waals surface area (Å²) in [5, 5.41) is 3.31. The summed E-state index contributed by atoms with van der Waals surface area (Å²) in [5.74, 6) is 0. The molecule has 0 saturated heterocycles. The third kappa shape index (κ3) is 12.6. The largest absolute Gasteiger partial charge is 1.00 e. The van der Waals surface area contributed by atoms with Crippen molar-refractivity contribution in [2.45, 2.75) is 71.8 Å². The Morgan fingerprint density at radius 2 is 2.03 bits per heavy atom. The molecule has 0 heterocycles. The van der Waals surface area contributed by atoms with Crippen LogP contribution in [-0.4, -0.2) is 24.0 Å². The van der Waals surface area contributed by atoms with E-state index < -0.39 is 0 Å². The van der Waals surface area contributed by atoms with Gasteiger partial charge < -0.3 is 17.6 Å². The number of rotatable bonds is 11. The van der Waals surface area contributed by atoms with Gasteiger partial charge in [0, 0.05) is 5.54 Å². The molecule has 2 nitrogen and oxygen atoms in total. The molecule has 0 bridgehead atoms. The van der Waals surface area contributed by atoms with Crippen LogP contribution in [0.3, 0.4) is 0 Å². The molecule has 0 spiro atoms. The molecule has 30 heavy (non-hydrogen) atoms. The molecule has 164 valence electrons. The first-order valence-electron chi connectivity index (χ1n) is 10.7. The molecule has 0 unspecified atom stereocenters. The molecule has 0 aliphatic heterocycles. The fourth-order valence-electron chi connectivity index (χ4n) is 3.20. The number of anilines is 1. The van der Waals surface area contributed by atoms with Gasteiger partial charge in [-0.25, -0.2) is 6.54 Å². The normalized spacial score (nSPS) is 14.3. The molecule has 0 atom stereocenters. The second-order valence-electron chi connectivity index (χ2n) is 7.69. The van der Waals surface area contributed by atoms with Gasteiger partial charge in [0.15, 0.2) is 0 Å². The first-order valence-corrected chi connectivity index (χ1v) is 10.7. The summed E-state index contributed by atoms with van der Waals surface area (Å²) in [7, 11) is 2.23. The van der Waals surface area contributed by atoms with E-state index in [1.807, 2.05) is 24.3 Å². The van der Waals surface area contributed by atoms with Gasteiger partial charge in [0.25, 0.3) is 0 Å². The Kier molecular flexibility index (Phi) is 19.7. The van der Waals surface area contributed by atoms with Crippen molar-refractivity contribution in [1.29, 1.82) is 0 Å². The maximum Gasteiger partial charge on any atom is 1.00 e. The SMILES string of the molecule is C=C/C=C\C=C(/C)CCC[CH-]Nc1[c-]cccc1C.CCN(C)C1(CC)CC1.[CH3-].[K+]. The second-order valence-corrected chi connectivity index (χ2v) is 7.69. The number of hydrogen-bond donors (Lipinski definition) is 1. The molecule has 1 N–H and O–H groups in total. The quantitative estimate of drug-likeness (QED) is 0.238. The van der Waals surface area contributed by atoms with E-state index in [9.17, 15) is 0 Å². The van der Waals surface area contributed by atoms with Crippen molar-refractivity contribution in [3.63, 3.8) is 0 Å². The zero-order chi connectivity index (χ0) is 20.8. The molecule has 1 fully saturated rings. The predicted octanol–water partition coefficient (Wildman–Crippen LogP) is 4.56. The Balaban J connectivity index is 0. The van der Waals surface area contributed by atoms with Crippen LogP contribution in [0.1, 0.15) is 64.9 Å². The number of nitrogens with one attached hydrogen (secondary N) is 1. The standard InChI is InChI=1S/C18H23N.C8H17N.CH3.K/c1-4-5-6-11-16(2)12-9-10-15-19-18-14-8-7-13-17(18)3;1-4-8(6-7-8)9(3)5-2;;/h4-8,11,13,15,19H,1,9-10,12H2,2-3H3;4-7H2,1-3H3;1H3;/q-2;;-1;+1/b6-5-,16-11+;;;. The van der Waals surface area contributed by atoms with Gasteiger partial charge in [-0.1, -0.05) is 63.6 Å². The molecule has 0 aromatic heterocycles. The van der Waals surface area contributed by atoms with E-state index in [4.69, 9.17) is 0 Å². The Morgan fingerprint density at radius 1 is 1.33 bits per heavy atom. The topological polar surface area (TPSA) is 15.3 Å². The minimum atomic E-state index is 0. The molecule has 2 rings (SSSR count). The van der Waals surface area contributed by atoms with Gasteiger partial charge in [-0.3, -0.25) is 0 Å². The van der Waals surface area contributed by atoms with E-state index in [1.54, 1.807) is 6.08 Å². The van der Waals surface area contributed by atoms with Crippen molar-refractivity contribution in [3.8, 4) is 0 Å². The molecule has 1 aromatic carbocycles. The van der Waals surface area contributed by atoms with Crippen LogP contribution in [0, 0.1) is 27.0 Å². The maximum absolute atomic E-state index is 3.65. The molecular formula is C27H43KN2-2. The van der Waals surface area contributed by atoms with Gasteiger partial charge >= 0.3 is 51.4 Å². The van der Waals surface area contributed by atoms with Gasteiger partial charge in [-0.05, 0) is 46.2 Å². The Hall–Kier alpha value is -0.164. The number of allylic oxidation sites excluding steroid dienone is 5. The molecule has 3 heteroatoms. The number of aryl methyl sites for hydroxylation is 1. The number of nitrogens with zero attached hydrogens (tertiary/aromatic N) is 1. The average Bonchev–Trinajstić information content (AvgIpc) is 3.50. The van der Waals surface area contributed by atoms with Gasteiger partial charge in [-0.2, -0.15) is 30.7 Å². The molecule has 1 aromatic rings. The van der Waals surface area contributed by atoms with Crippen LogP contribution in [-0.2, 0) is 0 Å². The Morgan fingerprint density at radius 3 is 2.53 bits per heavy atom. The summed E-state index contributed by atoms with van der Waals surface area (Å²) in [5.41, 5.74) is 4.33. The second kappa shape index (κ2) is 18.4. The summed E-state index contributed by atoms with van der Waals surface area (Å²) < 4.78 is 0. The van der Waals surface area contributed by atoms with E-state index in [1.165, 1.54) is 36.9 Å². The van der Waals surface area contributed by atoms with Gasteiger partial charge in [0.1, 0.15) is 0 Å². The molecular weight excluding hydrogens is 391 g/mol. The van der Waals surface area contributed by atoms with Crippen molar-refractivity contribution in [1.82, 2.24) is 4.90 Å². The monoisotopic (exact) mass is 434 g/mol. The Labute approximate surface area is 230 Å². The fourth-order valence-corrected chi connectivity index (χ4v) is 3.20. The summed E-state index contributed by atoms with van der Waals surface area (Å²) in [6, 6.07) is 9.23. The van der Waals surface area contributed by atoms with Gasteiger partial charge in [0.05, 0.1) is 0 Å². The number of hydrogen-bond acceptors (Lipinski definition) is 2. The number of benzene rings is 1. The third-order valence-electron chi connectivity index (χ3n) is 5.63. The van der Waals surface area contributed by atoms with Crippen molar-refractivity contribution in [2.24, 2.45) is 0 Å². The van der Waals surface area contributed by atoms with Crippen molar-refractivity contribution in [2.75, 3.05) is 18.9 Å². The van der Waals surface area contributed by atoms with E-state index in [2.05, 4.69) is 76.3 Å². The van der Waals surface area contributed by atoms with Crippen molar-refractivity contribution >= 4 is 5.69 Å². The first kappa shape index (κ1) is 32.0. The summed E-state index contributed by atoms with van der Waals surface area (Å²) in [4.78, 5) is 2.48. The van der Waals surface area contributed by atoms with Crippen molar-refractivity contribution in [3.05, 3.63) is 80.3 Å². The van der Waals surface area contributed by atoms with Crippen molar-refractivity contribution < 1.29 is 51.4 Å². The van der Waals surface area contributed by atoms with Crippen LogP contribution < -0.4 is 56.7 Å². The maximum atomic E-state index is 3.65. The molecule has 1 aliphatic carbocycles. The van der Waals surface area contributed by atoms with E-state index >= 15 is 0 Å². The summed E-state index contributed by atoms with van der Waals surface area (Å²) in [6.45, 7) is 15.7. The van der Waals surface area contributed by atoms with Crippen LogP contribution >= 0.6 is 0 Å². The van der Waals surface area contributed by atoms with Gasteiger partial charge in [-0.15, -0.1) is 11.3 Å². The average molecular weight is 435 g/mol. The molecule has 1 aliphatic rings. The summed E-state index contributed by atoms with van der Waals surface area (Å²) >= 11 is 0. The number of unbranched alkanes of at least 4 members (excludes halogenated alkanes) is 1. The van der Waals surface area contributed by atoms with E-state index in [0.29, 0.717) is 5.54 Å². The minimum absolute atomic E-state index is 0. The first-order chi connectivity index (χ1) is 13.5. The Bertz CT molecular complexity index is 630. The molecule has 0 radical (unpaired) electrons. The summed E-state index contributed by atoms with van der Waals surface area (Å²) in [6.07, 6.45) is 15.4. The van der Waals surface area contributed by atoms with Crippen LogP contribution in [0.4, 0.5) is 5.69 Å². The van der Waals surface area contributed by atoms with Crippen LogP contribution in [0.5, 0.6) is 0 Å². The van der Waals surface area contributed by atoms with Crippen LogP contribution in [0.15, 0.2) is 54.7 Å².